The van der Waals surface area contributed by atoms with Gasteiger partial charge in [-0.05, 0) is 25.5 Å². The zero-order chi connectivity index (χ0) is 20.0. The van der Waals surface area contributed by atoms with Gasteiger partial charge in [0, 0.05) is 58.8 Å². The molecule has 2 N–H and O–H groups in total. The van der Waals surface area contributed by atoms with E-state index in [1.54, 1.807) is 12.0 Å². The molecule has 1 aromatic rings. The number of aliphatic imine (C=N–C) groups is 1. The minimum atomic E-state index is -0.525. The molecule has 1 atom stereocenters. The Morgan fingerprint density at radius 1 is 1.31 bits per heavy atom. The lowest BCUT2D eigenvalue weighted by atomic mass is 9.94. The third kappa shape index (κ3) is 6.14. The SMILES string of the molecule is CCNC(=NCC1(OC)CCOCC1)NC1CCN(c2c(F)cccc2F)C1.I. The number of anilines is 1. The van der Waals surface area contributed by atoms with Crippen LogP contribution in [0, 0.1) is 11.6 Å². The number of nitrogens with zero attached hydrogens (tertiary/aromatic N) is 2. The fraction of sp³-hybridized carbons (Fsp3) is 0.650. The van der Waals surface area contributed by atoms with Crippen LogP contribution in [0.3, 0.4) is 0 Å². The van der Waals surface area contributed by atoms with Crippen LogP contribution in [-0.4, -0.2) is 64.1 Å². The maximum Gasteiger partial charge on any atom is 0.191 e. The summed E-state index contributed by atoms with van der Waals surface area (Å²) in [4.78, 5) is 6.47. The zero-order valence-electron chi connectivity index (χ0n) is 17.0. The fourth-order valence-electron chi connectivity index (χ4n) is 3.78. The minimum Gasteiger partial charge on any atom is -0.381 e. The number of ether oxygens (including phenoxy) is 2. The van der Waals surface area contributed by atoms with Crippen molar-refractivity contribution >= 4 is 35.6 Å². The lowest BCUT2D eigenvalue weighted by molar-refractivity contribution is -0.0828. The van der Waals surface area contributed by atoms with Crippen molar-refractivity contribution in [2.75, 3.05) is 51.4 Å². The van der Waals surface area contributed by atoms with Gasteiger partial charge < -0.3 is 25.0 Å². The summed E-state index contributed by atoms with van der Waals surface area (Å²) in [5.41, 5.74) is -0.243. The molecule has 0 spiro atoms. The van der Waals surface area contributed by atoms with Crippen molar-refractivity contribution in [2.45, 2.75) is 37.8 Å². The van der Waals surface area contributed by atoms with Crippen molar-refractivity contribution < 1.29 is 18.3 Å². The van der Waals surface area contributed by atoms with Crippen LogP contribution in [0.1, 0.15) is 26.2 Å². The van der Waals surface area contributed by atoms with E-state index in [0.29, 0.717) is 38.8 Å². The molecule has 1 aromatic carbocycles. The van der Waals surface area contributed by atoms with Crippen molar-refractivity contribution in [3.8, 4) is 0 Å². The Balaban J connectivity index is 0.00000300. The second-order valence-corrected chi connectivity index (χ2v) is 7.34. The Morgan fingerprint density at radius 3 is 2.62 bits per heavy atom. The molecule has 0 amide bonds. The van der Waals surface area contributed by atoms with Crippen molar-refractivity contribution in [2.24, 2.45) is 4.99 Å². The molecule has 2 fully saturated rings. The van der Waals surface area contributed by atoms with E-state index < -0.39 is 11.6 Å². The monoisotopic (exact) mass is 524 g/mol. The van der Waals surface area contributed by atoms with Crippen molar-refractivity contribution in [3.63, 3.8) is 0 Å². The predicted molar refractivity (Wildman–Crippen MR) is 121 cm³/mol. The molecular weight excluding hydrogens is 493 g/mol. The van der Waals surface area contributed by atoms with Crippen LogP contribution in [0.2, 0.25) is 0 Å². The maximum atomic E-state index is 14.1. The van der Waals surface area contributed by atoms with Gasteiger partial charge in [0.25, 0.3) is 0 Å². The van der Waals surface area contributed by atoms with Gasteiger partial charge in [-0.25, -0.2) is 8.78 Å². The van der Waals surface area contributed by atoms with Crippen LogP contribution < -0.4 is 15.5 Å². The van der Waals surface area contributed by atoms with E-state index in [9.17, 15) is 8.78 Å². The first-order valence-corrected chi connectivity index (χ1v) is 9.93. The number of guanidine groups is 1. The maximum absolute atomic E-state index is 14.1. The van der Waals surface area contributed by atoms with Crippen LogP contribution in [0.5, 0.6) is 0 Å². The average Bonchev–Trinajstić information content (AvgIpc) is 3.15. The molecule has 0 bridgehead atoms. The van der Waals surface area contributed by atoms with E-state index in [-0.39, 0.29) is 41.3 Å². The summed E-state index contributed by atoms with van der Waals surface area (Å²) in [7, 11) is 1.72. The van der Waals surface area contributed by atoms with Gasteiger partial charge in [0.15, 0.2) is 5.96 Å². The molecule has 0 aliphatic carbocycles. The molecule has 0 radical (unpaired) electrons. The van der Waals surface area contributed by atoms with E-state index >= 15 is 0 Å². The van der Waals surface area contributed by atoms with Gasteiger partial charge in [-0.1, -0.05) is 6.07 Å². The highest BCUT2D eigenvalue weighted by molar-refractivity contribution is 14.0. The van der Waals surface area contributed by atoms with Gasteiger partial charge in [-0.15, -0.1) is 24.0 Å². The highest BCUT2D eigenvalue weighted by Crippen LogP contribution is 2.27. The lowest BCUT2D eigenvalue weighted by Gasteiger charge is -2.34. The molecule has 9 heteroatoms. The molecule has 2 heterocycles. The first-order chi connectivity index (χ1) is 13.6. The first-order valence-electron chi connectivity index (χ1n) is 9.93. The lowest BCUT2D eigenvalue weighted by Crippen LogP contribution is -2.47. The number of hydrogen-bond acceptors (Lipinski definition) is 4. The van der Waals surface area contributed by atoms with E-state index in [0.717, 1.165) is 25.8 Å². The number of methoxy groups -OCH3 is 1. The Hall–Kier alpha value is -1.20. The van der Waals surface area contributed by atoms with Gasteiger partial charge in [-0.3, -0.25) is 4.99 Å². The molecule has 29 heavy (non-hydrogen) atoms. The smallest absolute Gasteiger partial charge is 0.191 e. The number of nitrogens with one attached hydrogen (secondary N) is 2. The van der Waals surface area contributed by atoms with Gasteiger partial charge in [0.05, 0.1) is 12.1 Å². The molecule has 164 valence electrons. The number of benzene rings is 1. The largest absolute Gasteiger partial charge is 0.381 e. The summed E-state index contributed by atoms with van der Waals surface area (Å²) in [6.45, 7) is 5.75. The highest BCUT2D eigenvalue weighted by Gasteiger charge is 2.33. The summed E-state index contributed by atoms with van der Waals surface area (Å²) < 4.78 is 39.3. The normalized spacial score (nSPS) is 21.6. The summed E-state index contributed by atoms with van der Waals surface area (Å²) >= 11 is 0. The molecule has 6 nitrogen and oxygen atoms in total. The van der Waals surface area contributed by atoms with Gasteiger partial charge in [0.2, 0.25) is 0 Å². The second-order valence-electron chi connectivity index (χ2n) is 7.34. The molecule has 2 aliphatic heterocycles. The van der Waals surface area contributed by atoms with Crippen LogP contribution >= 0.6 is 24.0 Å². The van der Waals surface area contributed by atoms with Crippen molar-refractivity contribution in [3.05, 3.63) is 29.8 Å². The van der Waals surface area contributed by atoms with Gasteiger partial charge in [-0.2, -0.15) is 0 Å². The summed E-state index contributed by atoms with van der Waals surface area (Å²) in [6.07, 6.45) is 2.41. The quantitative estimate of drug-likeness (QED) is 0.341. The molecule has 1 unspecified atom stereocenters. The van der Waals surface area contributed by atoms with Crippen LogP contribution in [0.25, 0.3) is 0 Å². The third-order valence-corrected chi connectivity index (χ3v) is 5.49. The molecule has 2 aliphatic rings. The van der Waals surface area contributed by atoms with E-state index in [2.05, 4.69) is 10.6 Å². The zero-order valence-corrected chi connectivity index (χ0v) is 19.4. The van der Waals surface area contributed by atoms with E-state index in [4.69, 9.17) is 14.5 Å². The van der Waals surface area contributed by atoms with Gasteiger partial charge >= 0.3 is 0 Å². The van der Waals surface area contributed by atoms with Crippen LogP contribution in [0.15, 0.2) is 23.2 Å². The third-order valence-electron chi connectivity index (χ3n) is 5.49. The first kappa shape index (κ1) is 24.1. The molecular formula is C20H31F2IN4O2. The van der Waals surface area contributed by atoms with E-state index in [1.165, 1.54) is 18.2 Å². The molecule has 0 saturated carbocycles. The molecule has 2 saturated heterocycles. The molecule has 0 aromatic heterocycles. The highest BCUT2D eigenvalue weighted by atomic mass is 127. The Morgan fingerprint density at radius 2 is 2.00 bits per heavy atom. The average molecular weight is 524 g/mol. The minimum absolute atomic E-state index is 0. The number of hydrogen-bond donors (Lipinski definition) is 2. The van der Waals surface area contributed by atoms with Crippen molar-refractivity contribution in [1.82, 2.24) is 10.6 Å². The number of para-hydroxylation sites is 1. The predicted octanol–water partition coefficient (Wildman–Crippen LogP) is 2.91. The van der Waals surface area contributed by atoms with E-state index in [1.807, 2.05) is 6.92 Å². The fourth-order valence-corrected chi connectivity index (χ4v) is 3.78. The second kappa shape index (κ2) is 11.3. The standard InChI is InChI=1S/C20H30F2N4O2.HI/c1-3-23-19(24-14-20(27-2)8-11-28-12-9-20)25-15-7-10-26(13-15)18-16(21)5-4-6-17(18)22;/h4-6,15H,3,7-14H2,1-2H3,(H2,23,24,25);1H. The topological polar surface area (TPSA) is 58.1 Å². The summed E-state index contributed by atoms with van der Waals surface area (Å²) in [5, 5.41) is 6.66. The van der Waals surface area contributed by atoms with Gasteiger partial charge in [0.1, 0.15) is 17.3 Å². The number of halogens is 3. The summed E-state index contributed by atoms with van der Waals surface area (Å²) in [6, 6.07) is 4.04. The van der Waals surface area contributed by atoms with Crippen LogP contribution in [0.4, 0.5) is 14.5 Å². The van der Waals surface area contributed by atoms with Crippen molar-refractivity contribution in [1.29, 1.82) is 0 Å². The summed E-state index contributed by atoms with van der Waals surface area (Å²) in [5.74, 6) is -0.350. The number of rotatable bonds is 6. The Bertz CT molecular complexity index is 666. The Kier molecular flexibility index (Phi) is 9.35. The molecule has 3 rings (SSSR count). The van der Waals surface area contributed by atoms with Crippen LogP contribution in [-0.2, 0) is 9.47 Å². The Labute approximate surface area is 188 Å².